The maximum Gasteiger partial charge on any atom is 0.337 e. The molecule has 4 heteroatoms. The third-order valence-corrected chi connectivity index (χ3v) is 2.71. The molecule has 3 nitrogen and oxygen atoms in total. The monoisotopic (exact) mass is 245 g/mol. The highest BCUT2D eigenvalue weighted by molar-refractivity contribution is 5.89. The first kappa shape index (κ1) is 12.2. The van der Waals surface area contributed by atoms with Gasteiger partial charge in [0.2, 0.25) is 0 Å². The second kappa shape index (κ2) is 4.56. The van der Waals surface area contributed by atoms with Crippen molar-refractivity contribution in [2.24, 2.45) is 0 Å². The van der Waals surface area contributed by atoms with Gasteiger partial charge in [-0.05, 0) is 37.1 Å². The highest BCUT2D eigenvalue weighted by atomic mass is 19.1. The molecule has 0 radical (unpaired) electrons. The second-order valence-corrected chi connectivity index (χ2v) is 4.21. The van der Waals surface area contributed by atoms with Gasteiger partial charge in [0.1, 0.15) is 5.82 Å². The van der Waals surface area contributed by atoms with Gasteiger partial charge in [0, 0.05) is 23.5 Å². The molecule has 0 spiro atoms. The Morgan fingerprint density at radius 1 is 1.22 bits per heavy atom. The predicted molar refractivity (Wildman–Crippen MR) is 66.1 cm³/mol. The molecule has 1 N–H and O–H groups in total. The minimum absolute atomic E-state index is 0.0480. The van der Waals surface area contributed by atoms with Crippen molar-refractivity contribution in [3.8, 4) is 11.1 Å². The van der Waals surface area contributed by atoms with Crippen LogP contribution in [0, 0.1) is 19.7 Å². The van der Waals surface area contributed by atoms with E-state index in [1.165, 1.54) is 24.5 Å². The molecule has 0 bridgehead atoms. The molecule has 1 aromatic heterocycles. The number of hydrogen-bond donors (Lipinski definition) is 1. The lowest BCUT2D eigenvalue weighted by Gasteiger charge is -2.09. The van der Waals surface area contributed by atoms with Gasteiger partial charge in [0.25, 0.3) is 0 Å². The first-order valence-corrected chi connectivity index (χ1v) is 5.44. The van der Waals surface area contributed by atoms with E-state index in [1.54, 1.807) is 6.92 Å². The number of hydrogen-bond acceptors (Lipinski definition) is 2. The average molecular weight is 245 g/mol. The van der Waals surface area contributed by atoms with Crippen LogP contribution in [-0.2, 0) is 0 Å². The highest BCUT2D eigenvalue weighted by Gasteiger charge is 2.12. The van der Waals surface area contributed by atoms with Crippen LogP contribution in [0.5, 0.6) is 0 Å². The lowest BCUT2D eigenvalue weighted by atomic mass is 9.98. The van der Waals surface area contributed by atoms with Crippen LogP contribution < -0.4 is 0 Å². The fraction of sp³-hybridized carbons (Fsp3) is 0.143. The van der Waals surface area contributed by atoms with Crippen molar-refractivity contribution in [2.45, 2.75) is 13.8 Å². The van der Waals surface area contributed by atoms with Crippen LogP contribution in [0.1, 0.15) is 21.5 Å². The molecule has 2 aromatic rings. The number of nitrogens with zero attached hydrogens (tertiary/aromatic N) is 1. The van der Waals surface area contributed by atoms with Crippen LogP contribution in [0.4, 0.5) is 4.39 Å². The van der Waals surface area contributed by atoms with E-state index in [0.717, 1.165) is 11.1 Å². The molecular formula is C14H12FNO2. The normalized spacial score (nSPS) is 10.4. The number of pyridine rings is 1. The van der Waals surface area contributed by atoms with Crippen LogP contribution in [0.15, 0.2) is 30.6 Å². The molecule has 18 heavy (non-hydrogen) atoms. The van der Waals surface area contributed by atoms with Crippen molar-refractivity contribution in [3.05, 3.63) is 53.1 Å². The molecule has 0 aliphatic rings. The number of carboxylic acid groups (broad SMARTS) is 1. The molecule has 92 valence electrons. The molecule has 0 fully saturated rings. The zero-order valence-corrected chi connectivity index (χ0v) is 10.1. The van der Waals surface area contributed by atoms with Crippen LogP contribution >= 0.6 is 0 Å². The van der Waals surface area contributed by atoms with Crippen molar-refractivity contribution >= 4 is 5.97 Å². The Kier molecular flexibility index (Phi) is 3.10. The van der Waals surface area contributed by atoms with E-state index in [-0.39, 0.29) is 11.4 Å². The lowest BCUT2D eigenvalue weighted by Crippen LogP contribution is -1.99. The number of carbonyl (C=O) groups is 1. The molecule has 1 heterocycles. The van der Waals surface area contributed by atoms with Gasteiger partial charge in [0.15, 0.2) is 0 Å². The Balaban J connectivity index is 2.62. The van der Waals surface area contributed by atoms with Crippen LogP contribution in [0.2, 0.25) is 0 Å². The summed E-state index contributed by atoms with van der Waals surface area (Å²) in [5, 5.41) is 8.91. The van der Waals surface area contributed by atoms with Gasteiger partial charge in [-0.3, -0.25) is 4.98 Å². The Bertz CT molecular complexity index is 600. The number of aromatic nitrogens is 1. The number of rotatable bonds is 2. The lowest BCUT2D eigenvalue weighted by molar-refractivity contribution is 0.0696. The molecule has 0 aliphatic heterocycles. The van der Waals surface area contributed by atoms with E-state index in [9.17, 15) is 9.18 Å². The Morgan fingerprint density at radius 3 is 2.56 bits per heavy atom. The van der Waals surface area contributed by atoms with E-state index in [4.69, 9.17) is 5.11 Å². The maximum atomic E-state index is 14.0. The summed E-state index contributed by atoms with van der Waals surface area (Å²) in [6.07, 6.45) is 2.71. The molecular weight excluding hydrogens is 233 g/mol. The molecule has 0 amide bonds. The van der Waals surface area contributed by atoms with E-state index in [2.05, 4.69) is 4.98 Å². The standard InChI is InChI=1S/C14H12FNO2/c1-8-3-9(2)13(12(15)4-8)10-5-11(14(17)18)7-16-6-10/h3-7H,1-2H3,(H,17,18). The summed E-state index contributed by atoms with van der Waals surface area (Å²) < 4.78 is 14.0. The predicted octanol–water partition coefficient (Wildman–Crippen LogP) is 3.20. The third kappa shape index (κ3) is 2.22. The summed E-state index contributed by atoms with van der Waals surface area (Å²) in [6.45, 7) is 3.60. The summed E-state index contributed by atoms with van der Waals surface area (Å²) in [5.74, 6) is -1.44. The molecule has 0 unspecified atom stereocenters. The number of aromatic carboxylic acids is 1. The highest BCUT2D eigenvalue weighted by Crippen LogP contribution is 2.27. The topological polar surface area (TPSA) is 50.2 Å². The quantitative estimate of drug-likeness (QED) is 0.883. The summed E-state index contributed by atoms with van der Waals surface area (Å²) in [7, 11) is 0. The third-order valence-electron chi connectivity index (χ3n) is 2.71. The van der Waals surface area contributed by atoms with Gasteiger partial charge in [-0.15, -0.1) is 0 Å². The van der Waals surface area contributed by atoms with Crippen molar-refractivity contribution in [2.75, 3.05) is 0 Å². The van der Waals surface area contributed by atoms with Crippen molar-refractivity contribution < 1.29 is 14.3 Å². The summed E-state index contributed by atoms with van der Waals surface area (Å²) >= 11 is 0. The van der Waals surface area contributed by atoms with Crippen molar-refractivity contribution in [3.63, 3.8) is 0 Å². The van der Waals surface area contributed by atoms with E-state index in [0.29, 0.717) is 11.1 Å². The minimum Gasteiger partial charge on any atom is -0.478 e. The van der Waals surface area contributed by atoms with Crippen LogP contribution in [0.25, 0.3) is 11.1 Å². The summed E-state index contributed by atoms with van der Waals surface area (Å²) in [5.41, 5.74) is 2.51. The van der Waals surface area contributed by atoms with Crippen LogP contribution in [-0.4, -0.2) is 16.1 Å². The Hall–Kier alpha value is -2.23. The van der Waals surface area contributed by atoms with E-state index in [1.807, 2.05) is 13.0 Å². The molecule has 0 saturated heterocycles. The summed E-state index contributed by atoms with van der Waals surface area (Å²) in [6, 6.07) is 4.71. The van der Waals surface area contributed by atoms with Gasteiger partial charge in [0.05, 0.1) is 5.56 Å². The average Bonchev–Trinajstić information content (AvgIpc) is 2.28. The fourth-order valence-corrected chi connectivity index (χ4v) is 1.97. The van der Waals surface area contributed by atoms with Gasteiger partial charge < -0.3 is 5.11 Å². The molecule has 1 aromatic carbocycles. The largest absolute Gasteiger partial charge is 0.478 e. The van der Waals surface area contributed by atoms with Crippen LogP contribution in [0.3, 0.4) is 0 Å². The Morgan fingerprint density at radius 2 is 1.94 bits per heavy atom. The SMILES string of the molecule is Cc1cc(C)c(-c2cncc(C(=O)O)c2)c(F)c1. The molecule has 0 aliphatic carbocycles. The summed E-state index contributed by atoms with van der Waals surface area (Å²) in [4.78, 5) is 14.7. The van der Waals surface area contributed by atoms with Gasteiger partial charge in [-0.2, -0.15) is 0 Å². The molecule has 0 atom stereocenters. The Labute approximate surface area is 104 Å². The smallest absolute Gasteiger partial charge is 0.337 e. The van der Waals surface area contributed by atoms with Gasteiger partial charge in [-0.25, -0.2) is 9.18 Å². The van der Waals surface area contributed by atoms with Gasteiger partial charge >= 0.3 is 5.97 Å². The second-order valence-electron chi connectivity index (χ2n) is 4.21. The first-order chi connectivity index (χ1) is 8.49. The number of halogens is 1. The van der Waals surface area contributed by atoms with Gasteiger partial charge in [-0.1, -0.05) is 6.07 Å². The first-order valence-electron chi connectivity index (χ1n) is 5.44. The maximum absolute atomic E-state index is 14.0. The van der Waals surface area contributed by atoms with Crippen molar-refractivity contribution in [1.82, 2.24) is 4.98 Å². The van der Waals surface area contributed by atoms with E-state index >= 15 is 0 Å². The van der Waals surface area contributed by atoms with Crippen molar-refractivity contribution in [1.29, 1.82) is 0 Å². The minimum atomic E-state index is -1.07. The zero-order chi connectivity index (χ0) is 13.3. The molecule has 2 rings (SSSR count). The van der Waals surface area contributed by atoms with E-state index < -0.39 is 5.97 Å². The molecule has 0 saturated carbocycles. The number of aryl methyl sites for hydroxylation is 2. The number of carboxylic acids is 1. The number of benzene rings is 1. The fourth-order valence-electron chi connectivity index (χ4n) is 1.97. The zero-order valence-electron chi connectivity index (χ0n) is 10.1.